The van der Waals surface area contributed by atoms with Crippen LogP contribution in [0.3, 0.4) is 0 Å². The summed E-state index contributed by atoms with van der Waals surface area (Å²) in [6, 6.07) is 31.8. The van der Waals surface area contributed by atoms with Crippen molar-refractivity contribution < 1.29 is 4.74 Å². The summed E-state index contributed by atoms with van der Waals surface area (Å²) in [6.45, 7) is 3.10. The predicted octanol–water partition coefficient (Wildman–Crippen LogP) is 5.65. The van der Waals surface area contributed by atoms with Crippen molar-refractivity contribution in [2.24, 2.45) is 11.8 Å². The average molecular weight is 328 g/mol. The number of rotatable bonds is 6. The lowest BCUT2D eigenvalue weighted by atomic mass is 9.80. The zero-order chi connectivity index (χ0) is 17.1. The Morgan fingerprint density at radius 2 is 1.08 bits per heavy atom. The van der Waals surface area contributed by atoms with Crippen LogP contribution in [-0.4, -0.2) is 6.61 Å². The maximum Gasteiger partial charge on any atom is 0.143 e. The standard InChI is InChI=1S/C24H24O/c1-19-17-20(19)18-25-24(21-11-5-2-6-12-21,22-13-7-3-8-14-22)23-15-9-4-10-16-23/h2-16,19-20H,17-18H2,1H3. The minimum atomic E-state index is -0.563. The van der Waals surface area contributed by atoms with Crippen LogP contribution in [-0.2, 0) is 10.3 Å². The van der Waals surface area contributed by atoms with Gasteiger partial charge in [-0.25, -0.2) is 0 Å². The van der Waals surface area contributed by atoms with Gasteiger partial charge in [0.25, 0.3) is 0 Å². The third-order valence-corrected chi connectivity index (χ3v) is 5.33. The molecular weight excluding hydrogens is 304 g/mol. The quantitative estimate of drug-likeness (QED) is 0.531. The summed E-state index contributed by atoms with van der Waals surface area (Å²) in [5.74, 6) is 1.45. The van der Waals surface area contributed by atoms with E-state index in [1.165, 1.54) is 23.1 Å². The molecule has 0 spiro atoms. The van der Waals surface area contributed by atoms with Gasteiger partial charge in [0.2, 0.25) is 0 Å². The monoisotopic (exact) mass is 328 g/mol. The smallest absolute Gasteiger partial charge is 0.143 e. The first kappa shape index (κ1) is 16.1. The molecule has 0 saturated heterocycles. The van der Waals surface area contributed by atoms with Crippen molar-refractivity contribution in [2.75, 3.05) is 6.61 Å². The predicted molar refractivity (Wildman–Crippen MR) is 102 cm³/mol. The van der Waals surface area contributed by atoms with Gasteiger partial charge in [0.05, 0.1) is 6.61 Å². The normalized spacial score (nSPS) is 19.6. The molecule has 25 heavy (non-hydrogen) atoms. The van der Waals surface area contributed by atoms with E-state index in [1.54, 1.807) is 0 Å². The molecule has 1 saturated carbocycles. The van der Waals surface area contributed by atoms with Crippen molar-refractivity contribution in [1.82, 2.24) is 0 Å². The van der Waals surface area contributed by atoms with Gasteiger partial charge in [-0.05, 0) is 34.9 Å². The Morgan fingerprint density at radius 1 is 0.720 bits per heavy atom. The fourth-order valence-electron chi connectivity index (χ4n) is 3.63. The van der Waals surface area contributed by atoms with Gasteiger partial charge in [-0.2, -0.15) is 0 Å². The van der Waals surface area contributed by atoms with Gasteiger partial charge in [0.1, 0.15) is 5.60 Å². The minimum absolute atomic E-state index is 0.563. The maximum atomic E-state index is 6.78. The number of ether oxygens (including phenoxy) is 1. The summed E-state index contributed by atoms with van der Waals surface area (Å²) in [4.78, 5) is 0. The van der Waals surface area contributed by atoms with Gasteiger partial charge in [-0.3, -0.25) is 0 Å². The number of hydrogen-bond acceptors (Lipinski definition) is 1. The van der Waals surface area contributed by atoms with Gasteiger partial charge >= 0.3 is 0 Å². The number of benzene rings is 3. The van der Waals surface area contributed by atoms with Crippen LogP contribution >= 0.6 is 0 Å². The fraction of sp³-hybridized carbons (Fsp3) is 0.250. The highest BCUT2D eigenvalue weighted by Gasteiger charge is 2.41. The molecule has 0 N–H and O–H groups in total. The molecule has 1 aliphatic carbocycles. The summed E-state index contributed by atoms with van der Waals surface area (Å²) in [7, 11) is 0. The van der Waals surface area contributed by atoms with Crippen LogP contribution in [0.2, 0.25) is 0 Å². The third kappa shape index (κ3) is 3.12. The summed E-state index contributed by atoms with van der Waals surface area (Å²) < 4.78 is 6.78. The molecule has 2 unspecified atom stereocenters. The van der Waals surface area contributed by atoms with Gasteiger partial charge in [0, 0.05) is 0 Å². The first-order chi connectivity index (χ1) is 12.3. The summed E-state index contributed by atoms with van der Waals surface area (Å²) in [5, 5.41) is 0. The van der Waals surface area contributed by atoms with E-state index < -0.39 is 5.60 Å². The van der Waals surface area contributed by atoms with E-state index in [-0.39, 0.29) is 0 Å². The lowest BCUT2D eigenvalue weighted by Crippen LogP contribution is -2.33. The molecule has 0 heterocycles. The van der Waals surface area contributed by atoms with E-state index in [0.29, 0.717) is 5.92 Å². The molecule has 4 rings (SSSR count). The molecule has 0 amide bonds. The van der Waals surface area contributed by atoms with E-state index in [1.807, 2.05) is 0 Å². The highest BCUT2D eigenvalue weighted by molar-refractivity contribution is 5.47. The average Bonchev–Trinajstić information content (AvgIpc) is 3.40. The zero-order valence-electron chi connectivity index (χ0n) is 14.6. The lowest BCUT2D eigenvalue weighted by molar-refractivity contribution is 0.00468. The Balaban J connectivity index is 1.87. The van der Waals surface area contributed by atoms with Gasteiger partial charge in [0.15, 0.2) is 0 Å². The Hall–Kier alpha value is -2.38. The third-order valence-electron chi connectivity index (χ3n) is 5.33. The van der Waals surface area contributed by atoms with Crippen LogP contribution in [0.4, 0.5) is 0 Å². The molecule has 1 aliphatic rings. The van der Waals surface area contributed by atoms with E-state index in [9.17, 15) is 0 Å². The van der Waals surface area contributed by atoms with Gasteiger partial charge < -0.3 is 4.74 Å². The summed E-state index contributed by atoms with van der Waals surface area (Å²) >= 11 is 0. The molecule has 2 atom stereocenters. The highest BCUT2D eigenvalue weighted by atomic mass is 16.5. The zero-order valence-corrected chi connectivity index (χ0v) is 14.6. The number of hydrogen-bond donors (Lipinski definition) is 0. The molecule has 3 aromatic carbocycles. The van der Waals surface area contributed by atoms with Crippen LogP contribution in [0.1, 0.15) is 30.0 Å². The SMILES string of the molecule is CC1CC1COC(c1ccccc1)(c1ccccc1)c1ccccc1. The molecule has 1 heteroatoms. The molecule has 1 nitrogen and oxygen atoms in total. The van der Waals surface area contributed by atoms with Crippen molar-refractivity contribution in [3.05, 3.63) is 108 Å². The fourth-order valence-corrected chi connectivity index (χ4v) is 3.63. The molecule has 0 aromatic heterocycles. The maximum absolute atomic E-state index is 6.78. The van der Waals surface area contributed by atoms with Gasteiger partial charge in [-0.1, -0.05) is 97.9 Å². The largest absolute Gasteiger partial charge is 0.361 e. The second-order valence-corrected chi connectivity index (χ2v) is 7.06. The van der Waals surface area contributed by atoms with Crippen LogP contribution in [0, 0.1) is 11.8 Å². The van der Waals surface area contributed by atoms with Gasteiger partial charge in [-0.15, -0.1) is 0 Å². The van der Waals surface area contributed by atoms with Crippen molar-refractivity contribution >= 4 is 0 Å². The minimum Gasteiger partial charge on any atom is -0.361 e. The van der Waals surface area contributed by atoms with Crippen LogP contribution in [0.5, 0.6) is 0 Å². The Morgan fingerprint density at radius 3 is 1.40 bits per heavy atom. The topological polar surface area (TPSA) is 9.23 Å². The van der Waals surface area contributed by atoms with Crippen molar-refractivity contribution in [3.8, 4) is 0 Å². The second kappa shape index (κ2) is 6.85. The van der Waals surface area contributed by atoms with E-state index in [4.69, 9.17) is 4.74 Å². The summed E-state index contributed by atoms with van der Waals surface area (Å²) in [6.07, 6.45) is 1.27. The first-order valence-corrected chi connectivity index (χ1v) is 9.11. The van der Waals surface area contributed by atoms with Crippen LogP contribution in [0.25, 0.3) is 0 Å². The van der Waals surface area contributed by atoms with Crippen LogP contribution < -0.4 is 0 Å². The Kier molecular flexibility index (Phi) is 4.42. The molecule has 0 aliphatic heterocycles. The van der Waals surface area contributed by atoms with E-state index in [0.717, 1.165) is 12.5 Å². The van der Waals surface area contributed by atoms with Crippen molar-refractivity contribution in [1.29, 1.82) is 0 Å². The molecule has 1 fully saturated rings. The first-order valence-electron chi connectivity index (χ1n) is 9.11. The molecular formula is C24H24O. The van der Waals surface area contributed by atoms with E-state index in [2.05, 4.69) is 97.9 Å². The highest BCUT2D eigenvalue weighted by Crippen LogP contribution is 2.44. The van der Waals surface area contributed by atoms with Crippen molar-refractivity contribution in [3.63, 3.8) is 0 Å². The molecule has 126 valence electrons. The van der Waals surface area contributed by atoms with Crippen LogP contribution in [0.15, 0.2) is 91.0 Å². The second-order valence-electron chi connectivity index (χ2n) is 7.06. The Labute approximate surface area is 150 Å². The lowest BCUT2D eigenvalue weighted by Gasteiger charge is -2.36. The summed E-state index contributed by atoms with van der Waals surface area (Å²) in [5.41, 5.74) is 2.98. The Bertz CT molecular complexity index is 699. The van der Waals surface area contributed by atoms with E-state index >= 15 is 0 Å². The molecule has 0 bridgehead atoms. The molecule has 3 aromatic rings. The molecule has 0 radical (unpaired) electrons. The van der Waals surface area contributed by atoms with Crippen molar-refractivity contribution in [2.45, 2.75) is 18.9 Å².